The van der Waals surface area contributed by atoms with Crippen molar-refractivity contribution in [3.8, 4) is 22.4 Å². The molecule has 14 heteroatoms. The number of amides is 1. The highest BCUT2D eigenvalue weighted by atomic mass is 28.3. The number of aromatic nitrogens is 7. The number of benzene rings is 1. The summed E-state index contributed by atoms with van der Waals surface area (Å²) in [4.78, 5) is 15.6. The highest BCUT2D eigenvalue weighted by Crippen LogP contribution is 2.39. The topological polar surface area (TPSA) is 137 Å². The average molecular weight is 660 g/mol. The maximum absolute atomic E-state index is 11.8. The van der Waals surface area contributed by atoms with Crippen molar-refractivity contribution < 1.29 is 19.4 Å². The van der Waals surface area contributed by atoms with Crippen LogP contribution in [-0.4, -0.2) is 97.5 Å². The van der Waals surface area contributed by atoms with Crippen LogP contribution in [0.15, 0.2) is 36.7 Å². The molecule has 0 aliphatic carbocycles. The summed E-state index contributed by atoms with van der Waals surface area (Å²) in [6, 6.07) is 9.53. The zero-order valence-electron chi connectivity index (χ0n) is 27.7. The van der Waals surface area contributed by atoms with Gasteiger partial charge >= 0.3 is 6.09 Å². The van der Waals surface area contributed by atoms with Gasteiger partial charge < -0.3 is 24.4 Å². The van der Waals surface area contributed by atoms with Gasteiger partial charge in [-0.1, -0.05) is 30.9 Å². The van der Waals surface area contributed by atoms with Gasteiger partial charge in [0, 0.05) is 69.3 Å². The van der Waals surface area contributed by atoms with Crippen LogP contribution in [0.5, 0.6) is 0 Å². The largest absolute Gasteiger partial charge is 0.465 e. The second-order valence-electron chi connectivity index (χ2n) is 14.4. The Bertz CT molecular complexity index is 1700. The highest BCUT2D eigenvalue weighted by molar-refractivity contribution is 6.76. The van der Waals surface area contributed by atoms with Gasteiger partial charge in [0.05, 0.1) is 11.9 Å². The molecule has 1 N–H and O–H groups in total. The Kier molecular flexibility index (Phi) is 8.74. The van der Waals surface area contributed by atoms with Crippen LogP contribution in [0.4, 0.5) is 10.6 Å². The lowest BCUT2D eigenvalue weighted by molar-refractivity contribution is -0.0394. The quantitative estimate of drug-likeness (QED) is 0.163. The normalized spacial score (nSPS) is 23.0. The number of carboxylic acid groups (broad SMARTS) is 1. The lowest BCUT2D eigenvalue weighted by Gasteiger charge is -2.41. The average Bonchev–Trinajstić information content (AvgIpc) is 3.79. The Morgan fingerprint density at radius 2 is 1.83 bits per heavy atom. The summed E-state index contributed by atoms with van der Waals surface area (Å²) in [5, 5.41) is 32.9. The van der Waals surface area contributed by atoms with Gasteiger partial charge in [-0.15, -0.1) is 15.3 Å². The summed E-state index contributed by atoms with van der Waals surface area (Å²) in [5.74, 6) is 0.772. The first-order chi connectivity index (χ1) is 22.7. The Morgan fingerprint density at radius 1 is 1.04 bits per heavy atom. The third-order valence-electron chi connectivity index (χ3n) is 10.00. The standard InChI is InChI=1S/C33H45N9O4Si/c1-39(25-17-23-8-9-24(18-25)42(23)33(43)44)29-13-12-28(35-36-29)27-11-10-26(22-19-34-40(20-22)30-7-5-6-14-46-30)31-32(27)41(38-37-31)21-45-15-16-47(2,3)4/h10-13,19-20,23-25,30H,5-9,14-18,21H2,1-4H3,(H,43,44)/t23-,24?,25?,30?/m0/s1. The van der Waals surface area contributed by atoms with Gasteiger partial charge in [-0.05, 0) is 69.2 Å². The molecule has 3 aliphatic rings. The van der Waals surface area contributed by atoms with Gasteiger partial charge in [-0.25, -0.2) is 14.2 Å². The summed E-state index contributed by atoms with van der Waals surface area (Å²) in [5.41, 5.74) is 5.07. The zero-order chi connectivity index (χ0) is 32.7. The van der Waals surface area contributed by atoms with E-state index < -0.39 is 14.2 Å². The molecule has 2 bridgehead atoms. The smallest absolute Gasteiger partial charge is 0.407 e. The first kappa shape index (κ1) is 31.7. The van der Waals surface area contributed by atoms with Crippen molar-refractivity contribution in [2.24, 2.45) is 0 Å². The Morgan fingerprint density at radius 3 is 2.51 bits per heavy atom. The summed E-state index contributed by atoms with van der Waals surface area (Å²) in [7, 11) is 0.792. The van der Waals surface area contributed by atoms with E-state index in [0.29, 0.717) is 6.61 Å². The minimum absolute atomic E-state index is 0.0467. The molecule has 0 radical (unpaired) electrons. The Labute approximate surface area is 275 Å². The lowest BCUT2D eigenvalue weighted by atomic mass is 9.96. The van der Waals surface area contributed by atoms with Crippen LogP contribution in [0.1, 0.15) is 51.2 Å². The predicted molar refractivity (Wildman–Crippen MR) is 181 cm³/mol. The maximum atomic E-state index is 11.8. The number of hydrogen-bond donors (Lipinski definition) is 1. The van der Waals surface area contributed by atoms with Crippen molar-refractivity contribution in [1.29, 1.82) is 0 Å². The van der Waals surface area contributed by atoms with E-state index in [2.05, 4.69) is 57.2 Å². The minimum atomic E-state index is -1.24. The Hall–Kier alpha value is -3.88. The van der Waals surface area contributed by atoms with Gasteiger partial charge in [0.1, 0.15) is 24.0 Å². The molecule has 3 aliphatic heterocycles. The summed E-state index contributed by atoms with van der Waals surface area (Å²) >= 11 is 0. The number of hydrogen-bond acceptors (Lipinski definition) is 9. The van der Waals surface area contributed by atoms with Crippen LogP contribution < -0.4 is 4.90 Å². The maximum Gasteiger partial charge on any atom is 0.407 e. The van der Waals surface area contributed by atoms with Gasteiger partial charge in [0.15, 0.2) is 5.82 Å². The SMILES string of the molecule is CN(c1ccc(-c2ccc(-c3cnn(C4CCCCO4)c3)c3nnn(COCC[Si](C)(C)C)c23)nn1)C1CC2CC[C@@H](C1)N2C(=O)O. The molecule has 3 unspecified atom stereocenters. The van der Waals surface area contributed by atoms with Crippen molar-refractivity contribution in [2.45, 2.75) is 102 Å². The summed E-state index contributed by atoms with van der Waals surface area (Å²) in [6.07, 6.45) is 9.68. The van der Waals surface area contributed by atoms with Crippen LogP contribution >= 0.6 is 0 Å². The van der Waals surface area contributed by atoms with Gasteiger partial charge in [-0.2, -0.15) is 5.10 Å². The van der Waals surface area contributed by atoms with E-state index in [1.807, 2.05) is 40.9 Å². The summed E-state index contributed by atoms with van der Waals surface area (Å²) in [6.45, 7) is 8.74. The van der Waals surface area contributed by atoms with Crippen molar-refractivity contribution >= 4 is 31.0 Å². The third-order valence-corrected chi connectivity index (χ3v) is 11.7. The highest BCUT2D eigenvalue weighted by Gasteiger charge is 2.44. The van der Waals surface area contributed by atoms with E-state index in [1.165, 1.54) is 0 Å². The molecule has 47 heavy (non-hydrogen) atoms. The molecular formula is C33H45N9O4Si. The molecule has 3 saturated heterocycles. The number of carbonyl (C=O) groups is 1. The molecule has 13 nitrogen and oxygen atoms in total. The van der Waals surface area contributed by atoms with Crippen molar-refractivity contribution in [2.75, 3.05) is 25.2 Å². The van der Waals surface area contributed by atoms with E-state index >= 15 is 0 Å². The molecule has 3 fully saturated rings. The van der Waals surface area contributed by atoms with Gasteiger partial charge in [0.25, 0.3) is 0 Å². The van der Waals surface area contributed by atoms with Crippen molar-refractivity contribution in [1.82, 2.24) is 39.9 Å². The summed E-state index contributed by atoms with van der Waals surface area (Å²) < 4.78 is 15.8. The second-order valence-corrected chi connectivity index (χ2v) is 20.0. The fourth-order valence-corrected chi connectivity index (χ4v) is 8.09. The molecular weight excluding hydrogens is 615 g/mol. The molecule has 250 valence electrons. The molecule has 6 heterocycles. The minimum Gasteiger partial charge on any atom is -0.465 e. The van der Waals surface area contributed by atoms with E-state index in [1.54, 1.807) is 4.90 Å². The first-order valence-corrected chi connectivity index (χ1v) is 20.6. The van der Waals surface area contributed by atoms with Crippen LogP contribution in [0.25, 0.3) is 33.4 Å². The number of piperidine rings is 1. The number of fused-ring (bicyclic) bond motifs is 3. The molecule has 4 aromatic rings. The number of rotatable bonds is 10. The fraction of sp³-hybridized carbons (Fsp3) is 0.576. The molecule has 1 amide bonds. The lowest BCUT2D eigenvalue weighted by Crippen LogP contribution is -2.51. The van der Waals surface area contributed by atoms with E-state index in [4.69, 9.17) is 14.6 Å². The van der Waals surface area contributed by atoms with Crippen molar-refractivity contribution in [3.05, 3.63) is 36.7 Å². The van der Waals surface area contributed by atoms with E-state index in [9.17, 15) is 9.90 Å². The first-order valence-electron chi connectivity index (χ1n) is 16.8. The van der Waals surface area contributed by atoms with Crippen LogP contribution in [0, 0.1) is 0 Å². The molecule has 3 aromatic heterocycles. The van der Waals surface area contributed by atoms with Gasteiger partial charge in [0.2, 0.25) is 0 Å². The van der Waals surface area contributed by atoms with Crippen LogP contribution in [0.3, 0.4) is 0 Å². The van der Waals surface area contributed by atoms with Crippen LogP contribution in [-0.2, 0) is 16.2 Å². The molecule has 1 aromatic carbocycles. The number of nitrogens with zero attached hydrogens (tertiary/aromatic N) is 9. The predicted octanol–water partition coefficient (Wildman–Crippen LogP) is 5.87. The fourth-order valence-electron chi connectivity index (χ4n) is 7.33. The Balaban J connectivity index is 1.17. The molecule has 7 rings (SSSR count). The van der Waals surface area contributed by atoms with Crippen molar-refractivity contribution in [3.63, 3.8) is 0 Å². The molecule has 0 saturated carbocycles. The molecule has 4 atom stereocenters. The van der Waals surface area contributed by atoms with E-state index in [0.717, 1.165) is 96.8 Å². The van der Waals surface area contributed by atoms with Crippen LogP contribution in [0.2, 0.25) is 25.7 Å². The number of anilines is 1. The molecule has 0 spiro atoms. The third kappa shape index (κ3) is 6.50. The second kappa shape index (κ2) is 13.0. The number of ether oxygens (including phenoxy) is 2. The van der Waals surface area contributed by atoms with E-state index in [-0.39, 0.29) is 31.1 Å². The zero-order valence-corrected chi connectivity index (χ0v) is 28.7. The van der Waals surface area contributed by atoms with Gasteiger partial charge in [-0.3, -0.25) is 0 Å². The monoisotopic (exact) mass is 659 g/mol.